The van der Waals surface area contributed by atoms with Gasteiger partial charge in [-0.25, -0.2) is 9.78 Å². The number of methoxy groups -OCH3 is 1. The summed E-state index contributed by atoms with van der Waals surface area (Å²) >= 11 is 1.39. The average molecular weight is 234 g/mol. The molecule has 4 nitrogen and oxygen atoms in total. The Bertz CT molecular complexity index is 522. The van der Waals surface area contributed by atoms with E-state index in [-0.39, 0.29) is 0 Å². The molecule has 82 valence electrons. The van der Waals surface area contributed by atoms with Crippen LogP contribution >= 0.6 is 11.3 Å². The summed E-state index contributed by atoms with van der Waals surface area (Å²) in [6, 6.07) is 7.37. The van der Waals surface area contributed by atoms with Gasteiger partial charge in [-0.2, -0.15) is 0 Å². The number of carbonyl (C=O) groups is 1. The van der Waals surface area contributed by atoms with Gasteiger partial charge < -0.3 is 10.5 Å². The Kier molecular flexibility index (Phi) is 2.87. The molecule has 0 unspecified atom stereocenters. The van der Waals surface area contributed by atoms with Crippen LogP contribution < -0.4 is 5.73 Å². The molecule has 2 N–H and O–H groups in total. The van der Waals surface area contributed by atoms with Gasteiger partial charge in [-0.15, -0.1) is 11.3 Å². The van der Waals surface area contributed by atoms with E-state index in [1.165, 1.54) is 18.4 Å². The zero-order valence-electron chi connectivity index (χ0n) is 8.64. The number of nitrogens with zero attached hydrogens (tertiary/aromatic N) is 1. The second kappa shape index (κ2) is 4.32. The summed E-state index contributed by atoms with van der Waals surface area (Å²) in [6.45, 7) is 0. The topological polar surface area (TPSA) is 65.2 Å². The highest BCUT2D eigenvalue weighted by Gasteiger charge is 2.11. The van der Waals surface area contributed by atoms with Crippen molar-refractivity contribution in [3.8, 4) is 10.6 Å². The molecular weight excluding hydrogens is 224 g/mol. The van der Waals surface area contributed by atoms with Crippen LogP contribution in [0.15, 0.2) is 29.6 Å². The van der Waals surface area contributed by atoms with Gasteiger partial charge in [0.1, 0.15) is 5.01 Å². The first-order valence-corrected chi connectivity index (χ1v) is 5.48. The molecule has 0 aliphatic carbocycles. The molecular formula is C11H10N2O2S. The molecule has 16 heavy (non-hydrogen) atoms. The summed E-state index contributed by atoms with van der Waals surface area (Å²) in [4.78, 5) is 15.4. The van der Waals surface area contributed by atoms with Crippen molar-refractivity contribution in [2.24, 2.45) is 0 Å². The number of rotatable bonds is 2. The molecule has 0 atom stereocenters. The standard InChI is InChI=1S/C11H10N2O2S/c1-15-11(14)9-6-16-10(13-9)7-3-2-4-8(12)5-7/h2-6H,12H2,1H3. The number of hydrogen-bond acceptors (Lipinski definition) is 5. The number of nitrogens with two attached hydrogens (primary N) is 1. The quantitative estimate of drug-likeness (QED) is 0.639. The Labute approximate surface area is 96.7 Å². The Balaban J connectivity index is 2.35. The smallest absolute Gasteiger partial charge is 0.357 e. The van der Waals surface area contributed by atoms with E-state index in [9.17, 15) is 4.79 Å². The second-order valence-electron chi connectivity index (χ2n) is 3.15. The van der Waals surface area contributed by atoms with E-state index in [2.05, 4.69) is 9.72 Å². The molecule has 2 rings (SSSR count). The monoisotopic (exact) mass is 234 g/mol. The Morgan fingerprint density at radius 2 is 2.31 bits per heavy atom. The first-order valence-electron chi connectivity index (χ1n) is 4.60. The maximum atomic E-state index is 11.2. The highest BCUT2D eigenvalue weighted by Crippen LogP contribution is 2.25. The average Bonchev–Trinajstić information content (AvgIpc) is 2.77. The third-order valence-corrected chi connectivity index (χ3v) is 2.92. The first kappa shape index (κ1) is 10.6. The normalized spacial score (nSPS) is 10.1. The van der Waals surface area contributed by atoms with Crippen molar-refractivity contribution in [2.75, 3.05) is 12.8 Å². The van der Waals surface area contributed by atoms with Gasteiger partial charge in [0.25, 0.3) is 0 Å². The molecule has 0 spiro atoms. The molecule has 0 aliphatic rings. The van der Waals surface area contributed by atoms with Gasteiger partial charge in [0.15, 0.2) is 5.69 Å². The van der Waals surface area contributed by atoms with E-state index in [1.807, 2.05) is 18.2 Å². The van der Waals surface area contributed by atoms with Crippen LogP contribution in [0.25, 0.3) is 10.6 Å². The SMILES string of the molecule is COC(=O)c1csc(-c2cccc(N)c2)n1. The summed E-state index contributed by atoms with van der Waals surface area (Å²) in [7, 11) is 1.34. The number of nitrogen functional groups attached to an aromatic ring is 1. The predicted molar refractivity (Wildman–Crippen MR) is 63.3 cm³/mol. The minimum atomic E-state index is -0.425. The van der Waals surface area contributed by atoms with Crippen molar-refractivity contribution >= 4 is 23.0 Å². The minimum Gasteiger partial charge on any atom is -0.464 e. The Hall–Kier alpha value is -1.88. The summed E-state index contributed by atoms with van der Waals surface area (Å²) in [5, 5.41) is 2.43. The van der Waals surface area contributed by atoms with Crippen molar-refractivity contribution < 1.29 is 9.53 Å². The van der Waals surface area contributed by atoms with Crippen molar-refractivity contribution in [2.45, 2.75) is 0 Å². The minimum absolute atomic E-state index is 0.324. The summed E-state index contributed by atoms with van der Waals surface area (Å²) in [5.74, 6) is -0.425. The molecule has 0 saturated heterocycles. The summed E-state index contributed by atoms with van der Waals surface area (Å²) in [5.41, 5.74) is 7.57. The van der Waals surface area contributed by atoms with Gasteiger partial charge in [0, 0.05) is 16.6 Å². The Morgan fingerprint density at radius 3 is 3.00 bits per heavy atom. The van der Waals surface area contributed by atoms with Crippen LogP contribution in [0.5, 0.6) is 0 Å². The molecule has 0 aliphatic heterocycles. The van der Waals surface area contributed by atoms with E-state index < -0.39 is 5.97 Å². The molecule has 2 aromatic rings. The second-order valence-corrected chi connectivity index (χ2v) is 4.01. The fourth-order valence-corrected chi connectivity index (χ4v) is 2.06. The lowest BCUT2D eigenvalue weighted by molar-refractivity contribution is 0.0595. The summed E-state index contributed by atoms with van der Waals surface area (Å²) < 4.78 is 4.59. The van der Waals surface area contributed by atoms with Crippen LogP contribution in [-0.2, 0) is 4.74 Å². The molecule has 5 heteroatoms. The van der Waals surface area contributed by atoms with Crippen LogP contribution in [-0.4, -0.2) is 18.1 Å². The maximum Gasteiger partial charge on any atom is 0.357 e. The molecule has 0 bridgehead atoms. The molecule has 0 amide bonds. The fourth-order valence-electron chi connectivity index (χ4n) is 1.28. The maximum absolute atomic E-state index is 11.2. The molecule has 0 radical (unpaired) electrons. The molecule has 1 heterocycles. The van der Waals surface area contributed by atoms with E-state index in [4.69, 9.17) is 5.73 Å². The lowest BCUT2D eigenvalue weighted by Gasteiger charge is -1.97. The Morgan fingerprint density at radius 1 is 1.50 bits per heavy atom. The van der Waals surface area contributed by atoms with E-state index in [1.54, 1.807) is 11.4 Å². The van der Waals surface area contributed by atoms with E-state index in [0.29, 0.717) is 11.4 Å². The number of aromatic nitrogens is 1. The number of thiazole rings is 1. The lowest BCUT2D eigenvalue weighted by Crippen LogP contribution is -2.00. The van der Waals surface area contributed by atoms with Crippen LogP contribution in [0.3, 0.4) is 0 Å². The number of esters is 1. The van der Waals surface area contributed by atoms with Crippen molar-refractivity contribution in [3.05, 3.63) is 35.3 Å². The van der Waals surface area contributed by atoms with Gasteiger partial charge in [-0.3, -0.25) is 0 Å². The zero-order valence-corrected chi connectivity index (χ0v) is 9.45. The number of benzene rings is 1. The first-order chi connectivity index (χ1) is 7.70. The van der Waals surface area contributed by atoms with Gasteiger partial charge >= 0.3 is 5.97 Å². The number of hydrogen-bond donors (Lipinski definition) is 1. The van der Waals surface area contributed by atoms with Gasteiger partial charge in [0.2, 0.25) is 0 Å². The van der Waals surface area contributed by atoms with E-state index >= 15 is 0 Å². The largest absolute Gasteiger partial charge is 0.464 e. The molecule has 0 saturated carbocycles. The van der Waals surface area contributed by atoms with Crippen LogP contribution in [0.1, 0.15) is 10.5 Å². The number of anilines is 1. The third-order valence-electron chi connectivity index (χ3n) is 2.03. The molecule has 1 aromatic heterocycles. The highest BCUT2D eigenvalue weighted by molar-refractivity contribution is 7.13. The van der Waals surface area contributed by atoms with Gasteiger partial charge in [-0.05, 0) is 12.1 Å². The summed E-state index contributed by atoms with van der Waals surface area (Å²) in [6.07, 6.45) is 0. The molecule has 0 fully saturated rings. The van der Waals surface area contributed by atoms with Crippen LogP contribution in [0, 0.1) is 0 Å². The van der Waals surface area contributed by atoms with Gasteiger partial charge in [0.05, 0.1) is 7.11 Å². The predicted octanol–water partition coefficient (Wildman–Crippen LogP) is 2.18. The van der Waals surface area contributed by atoms with Crippen molar-refractivity contribution in [3.63, 3.8) is 0 Å². The highest BCUT2D eigenvalue weighted by atomic mass is 32.1. The number of carbonyl (C=O) groups excluding carboxylic acids is 1. The third kappa shape index (κ3) is 2.04. The molecule has 1 aromatic carbocycles. The van der Waals surface area contributed by atoms with Crippen molar-refractivity contribution in [1.82, 2.24) is 4.98 Å². The van der Waals surface area contributed by atoms with E-state index in [0.717, 1.165) is 10.6 Å². The fraction of sp³-hybridized carbons (Fsp3) is 0.0909. The van der Waals surface area contributed by atoms with Crippen molar-refractivity contribution in [1.29, 1.82) is 0 Å². The lowest BCUT2D eigenvalue weighted by atomic mass is 10.2. The van der Waals surface area contributed by atoms with Crippen LogP contribution in [0.2, 0.25) is 0 Å². The number of ether oxygens (including phenoxy) is 1. The van der Waals surface area contributed by atoms with Crippen LogP contribution in [0.4, 0.5) is 5.69 Å². The van der Waals surface area contributed by atoms with Gasteiger partial charge in [-0.1, -0.05) is 12.1 Å². The zero-order chi connectivity index (χ0) is 11.5.